The molecule has 27 heavy (non-hydrogen) atoms. The Morgan fingerprint density at radius 2 is 1.67 bits per heavy atom. The molecule has 0 saturated carbocycles. The zero-order valence-corrected chi connectivity index (χ0v) is 16.8. The molecular weight excluding hydrogens is 364 g/mol. The maximum atomic E-state index is 12.5. The number of sulfonamides is 1. The highest BCUT2D eigenvalue weighted by atomic mass is 32.2. The Bertz CT molecular complexity index is 860. The van der Waals surface area contributed by atoms with E-state index in [4.69, 9.17) is 4.74 Å². The zero-order valence-electron chi connectivity index (χ0n) is 15.9. The van der Waals surface area contributed by atoms with Crippen molar-refractivity contribution >= 4 is 15.9 Å². The lowest BCUT2D eigenvalue weighted by molar-refractivity contribution is 0.0954. The highest BCUT2D eigenvalue weighted by Crippen LogP contribution is 2.18. The number of amides is 1. The molecule has 0 aliphatic heterocycles. The number of nitrogens with one attached hydrogen (secondary N) is 1. The molecule has 2 rings (SSSR count). The van der Waals surface area contributed by atoms with E-state index in [9.17, 15) is 13.2 Å². The number of methoxy groups -OCH3 is 1. The minimum atomic E-state index is -3.52. The van der Waals surface area contributed by atoms with Crippen LogP contribution >= 0.6 is 0 Å². The Morgan fingerprint density at radius 1 is 1.04 bits per heavy atom. The van der Waals surface area contributed by atoms with Gasteiger partial charge in [-0.2, -0.15) is 4.31 Å². The summed E-state index contributed by atoms with van der Waals surface area (Å²) in [5, 5.41) is 2.85. The summed E-state index contributed by atoms with van der Waals surface area (Å²) in [6.07, 6.45) is 0.643. The molecule has 0 aliphatic carbocycles. The first kappa shape index (κ1) is 20.9. The largest absolute Gasteiger partial charge is 0.496 e. The number of carbonyl (C=O) groups excluding carboxylic acids is 1. The highest BCUT2D eigenvalue weighted by Gasteiger charge is 2.21. The van der Waals surface area contributed by atoms with E-state index in [2.05, 4.69) is 5.32 Å². The van der Waals surface area contributed by atoms with Crippen molar-refractivity contribution in [3.8, 4) is 5.75 Å². The van der Waals surface area contributed by atoms with Crippen LogP contribution < -0.4 is 10.1 Å². The summed E-state index contributed by atoms with van der Waals surface area (Å²) in [6, 6.07) is 13.7. The van der Waals surface area contributed by atoms with Crippen molar-refractivity contribution in [1.29, 1.82) is 0 Å². The van der Waals surface area contributed by atoms with E-state index in [1.807, 2.05) is 24.3 Å². The Labute approximate surface area is 161 Å². The normalized spacial score (nSPS) is 11.4. The van der Waals surface area contributed by atoms with Crippen LogP contribution in [0.1, 0.15) is 29.8 Å². The molecule has 2 aromatic rings. The predicted molar refractivity (Wildman–Crippen MR) is 106 cm³/mol. The van der Waals surface area contributed by atoms with Gasteiger partial charge in [-0.1, -0.05) is 32.0 Å². The van der Waals surface area contributed by atoms with Crippen LogP contribution in [-0.4, -0.2) is 45.4 Å². The van der Waals surface area contributed by atoms with Gasteiger partial charge in [-0.3, -0.25) is 4.79 Å². The highest BCUT2D eigenvalue weighted by molar-refractivity contribution is 7.89. The maximum Gasteiger partial charge on any atom is 0.251 e. The summed E-state index contributed by atoms with van der Waals surface area (Å²) < 4.78 is 31.6. The first-order valence-corrected chi connectivity index (χ1v) is 10.4. The molecule has 7 heteroatoms. The fraction of sp³-hybridized carbons (Fsp3) is 0.350. The molecule has 0 aliphatic rings. The average molecular weight is 391 g/mol. The lowest BCUT2D eigenvalue weighted by Crippen LogP contribution is -2.30. The molecule has 1 amide bonds. The summed E-state index contributed by atoms with van der Waals surface area (Å²) >= 11 is 0. The molecule has 0 fully saturated rings. The summed E-state index contributed by atoms with van der Waals surface area (Å²) in [6.45, 7) is 4.86. The van der Waals surface area contributed by atoms with E-state index in [1.165, 1.54) is 28.6 Å². The van der Waals surface area contributed by atoms with Crippen molar-refractivity contribution in [2.45, 2.75) is 25.2 Å². The van der Waals surface area contributed by atoms with Gasteiger partial charge in [0.05, 0.1) is 12.0 Å². The molecule has 2 aromatic carbocycles. The van der Waals surface area contributed by atoms with E-state index in [0.717, 1.165) is 11.3 Å². The van der Waals surface area contributed by atoms with Crippen molar-refractivity contribution in [3.05, 3.63) is 59.7 Å². The molecular formula is C20H26N2O4S. The Morgan fingerprint density at radius 3 is 2.26 bits per heavy atom. The molecule has 0 atom stereocenters. The third-order valence-electron chi connectivity index (χ3n) is 4.33. The van der Waals surface area contributed by atoms with E-state index < -0.39 is 10.0 Å². The van der Waals surface area contributed by atoms with Crippen molar-refractivity contribution in [2.75, 3.05) is 26.7 Å². The minimum absolute atomic E-state index is 0.191. The second-order valence-corrected chi connectivity index (χ2v) is 7.87. The van der Waals surface area contributed by atoms with Gasteiger partial charge in [0.1, 0.15) is 5.75 Å². The number of hydrogen-bond acceptors (Lipinski definition) is 4. The van der Waals surface area contributed by atoms with Crippen LogP contribution in [0.4, 0.5) is 0 Å². The standard InChI is InChI=1S/C20H26N2O4S/c1-4-22(5-2)27(24,25)18-12-10-17(11-13-18)20(23)21-15-14-16-8-6-7-9-19(16)26-3/h6-13H,4-5,14-15H2,1-3H3,(H,21,23). The van der Waals surface area contributed by atoms with Crippen molar-refractivity contribution in [3.63, 3.8) is 0 Å². The number of hydrogen-bond donors (Lipinski definition) is 1. The number of para-hydroxylation sites is 1. The maximum absolute atomic E-state index is 12.5. The van der Waals surface area contributed by atoms with Gasteiger partial charge in [0, 0.05) is 25.2 Å². The van der Waals surface area contributed by atoms with E-state index >= 15 is 0 Å². The van der Waals surface area contributed by atoms with Gasteiger partial charge < -0.3 is 10.1 Å². The van der Waals surface area contributed by atoms with Crippen LogP contribution in [0.2, 0.25) is 0 Å². The van der Waals surface area contributed by atoms with Gasteiger partial charge in [-0.05, 0) is 42.3 Å². The summed E-state index contributed by atoms with van der Waals surface area (Å²) in [5.41, 5.74) is 1.44. The number of benzene rings is 2. The van der Waals surface area contributed by atoms with Gasteiger partial charge >= 0.3 is 0 Å². The molecule has 146 valence electrons. The molecule has 0 unspecified atom stereocenters. The van der Waals surface area contributed by atoms with Crippen LogP contribution in [0.5, 0.6) is 5.75 Å². The van der Waals surface area contributed by atoms with Gasteiger partial charge in [-0.25, -0.2) is 8.42 Å². The van der Waals surface area contributed by atoms with Crippen LogP contribution in [-0.2, 0) is 16.4 Å². The molecule has 0 radical (unpaired) electrons. The number of carbonyl (C=O) groups is 1. The topological polar surface area (TPSA) is 75.7 Å². The molecule has 0 spiro atoms. The summed E-state index contributed by atoms with van der Waals surface area (Å²) in [7, 11) is -1.90. The van der Waals surface area contributed by atoms with Crippen LogP contribution in [0.15, 0.2) is 53.4 Å². The summed E-state index contributed by atoms with van der Waals surface area (Å²) in [5.74, 6) is 0.550. The molecule has 1 N–H and O–H groups in total. The molecule has 0 aromatic heterocycles. The fourth-order valence-electron chi connectivity index (χ4n) is 2.81. The van der Waals surface area contributed by atoms with Gasteiger partial charge in [0.2, 0.25) is 10.0 Å². The fourth-order valence-corrected chi connectivity index (χ4v) is 4.27. The van der Waals surface area contributed by atoms with Crippen molar-refractivity contribution < 1.29 is 17.9 Å². The van der Waals surface area contributed by atoms with Crippen LogP contribution in [0, 0.1) is 0 Å². The van der Waals surface area contributed by atoms with Gasteiger partial charge in [0.25, 0.3) is 5.91 Å². The molecule has 6 nitrogen and oxygen atoms in total. The molecule has 0 saturated heterocycles. The number of ether oxygens (including phenoxy) is 1. The Balaban J connectivity index is 1.99. The van der Waals surface area contributed by atoms with E-state index in [-0.39, 0.29) is 10.8 Å². The smallest absolute Gasteiger partial charge is 0.251 e. The monoisotopic (exact) mass is 390 g/mol. The number of nitrogens with zero attached hydrogens (tertiary/aromatic N) is 1. The van der Waals surface area contributed by atoms with Gasteiger partial charge in [0.15, 0.2) is 0 Å². The lowest BCUT2D eigenvalue weighted by atomic mass is 10.1. The lowest BCUT2D eigenvalue weighted by Gasteiger charge is -2.18. The first-order valence-electron chi connectivity index (χ1n) is 8.94. The molecule has 0 bridgehead atoms. The predicted octanol–water partition coefficient (Wildman–Crippen LogP) is 2.70. The van der Waals surface area contributed by atoms with Crippen LogP contribution in [0.25, 0.3) is 0 Å². The van der Waals surface area contributed by atoms with Crippen molar-refractivity contribution in [2.24, 2.45) is 0 Å². The van der Waals surface area contributed by atoms with Gasteiger partial charge in [-0.15, -0.1) is 0 Å². The van der Waals surface area contributed by atoms with Crippen LogP contribution in [0.3, 0.4) is 0 Å². The van der Waals surface area contributed by atoms with E-state index in [0.29, 0.717) is 31.6 Å². The third kappa shape index (κ3) is 5.08. The second kappa shape index (κ2) is 9.53. The quantitative estimate of drug-likeness (QED) is 0.714. The zero-order chi connectivity index (χ0) is 19.9. The SMILES string of the molecule is CCN(CC)S(=O)(=O)c1ccc(C(=O)NCCc2ccccc2OC)cc1. The molecule has 0 heterocycles. The third-order valence-corrected chi connectivity index (χ3v) is 6.40. The first-order chi connectivity index (χ1) is 12.9. The Kier molecular flexibility index (Phi) is 7.38. The minimum Gasteiger partial charge on any atom is -0.496 e. The van der Waals surface area contributed by atoms with E-state index in [1.54, 1.807) is 21.0 Å². The summed E-state index contributed by atoms with van der Waals surface area (Å²) in [4.78, 5) is 12.5. The Hall–Kier alpha value is -2.38. The average Bonchev–Trinajstić information content (AvgIpc) is 2.69. The second-order valence-electron chi connectivity index (χ2n) is 5.93. The van der Waals surface area contributed by atoms with Crippen molar-refractivity contribution in [1.82, 2.24) is 9.62 Å². The number of rotatable bonds is 9.